The van der Waals surface area contributed by atoms with Gasteiger partial charge in [0.15, 0.2) is 0 Å². The molecule has 0 atom stereocenters. The van der Waals surface area contributed by atoms with Crippen molar-refractivity contribution in [2.45, 2.75) is 49.7 Å². The highest BCUT2D eigenvalue weighted by Crippen LogP contribution is 2.42. The normalized spacial score (nSPS) is 15.6. The van der Waals surface area contributed by atoms with E-state index in [0.29, 0.717) is 5.56 Å². The van der Waals surface area contributed by atoms with Gasteiger partial charge in [-0.15, -0.1) is 0 Å². The molecule has 5 nitrogen and oxygen atoms in total. The average molecular weight is 434 g/mol. The lowest BCUT2D eigenvalue weighted by molar-refractivity contribution is -0.0436. The Morgan fingerprint density at radius 3 is 2.31 bits per heavy atom. The van der Waals surface area contributed by atoms with Crippen molar-refractivity contribution in [3.8, 4) is 0 Å². The quantitative estimate of drug-likeness (QED) is 0.649. The summed E-state index contributed by atoms with van der Waals surface area (Å²) in [6, 6.07) is 1.10. The third-order valence-electron chi connectivity index (χ3n) is 3.59. The van der Waals surface area contributed by atoms with Crippen molar-refractivity contribution in [1.82, 2.24) is 4.90 Å². The van der Waals surface area contributed by atoms with Crippen molar-refractivity contribution in [2.24, 2.45) is 0 Å². The minimum atomic E-state index is -5.69. The van der Waals surface area contributed by atoms with Gasteiger partial charge in [-0.25, -0.2) is 13.2 Å². The van der Waals surface area contributed by atoms with E-state index in [2.05, 4.69) is 0 Å². The number of sulfone groups is 1. The molecule has 2 rings (SSSR count). The highest BCUT2D eigenvalue weighted by atomic mass is 35.5. The summed E-state index contributed by atoms with van der Waals surface area (Å²) in [7, 11) is -5.69. The second kappa shape index (κ2) is 6.76. The van der Waals surface area contributed by atoms with Crippen LogP contribution in [0.4, 0.5) is 18.0 Å². The Bertz CT molecular complexity index is 848. The van der Waals surface area contributed by atoms with E-state index in [1.165, 1.54) is 4.90 Å². The zero-order valence-electron chi connectivity index (χ0n) is 14.1. The Balaban J connectivity index is 2.43. The Labute approximate surface area is 158 Å². The van der Waals surface area contributed by atoms with Crippen LogP contribution in [-0.4, -0.2) is 37.1 Å². The molecule has 1 amide bonds. The molecule has 146 valence electrons. The summed E-state index contributed by atoms with van der Waals surface area (Å²) in [6.07, 6.45) is -0.521. The largest absolute Gasteiger partial charge is 0.502 e. The highest BCUT2D eigenvalue weighted by Gasteiger charge is 2.49. The van der Waals surface area contributed by atoms with Gasteiger partial charge in [-0.05, 0) is 44.4 Å². The zero-order chi connectivity index (χ0) is 20.1. The van der Waals surface area contributed by atoms with Gasteiger partial charge >= 0.3 is 11.6 Å². The molecule has 0 saturated heterocycles. The molecular weight excluding hydrogens is 418 g/mol. The van der Waals surface area contributed by atoms with Crippen LogP contribution in [0.25, 0.3) is 0 Å². The Kier molecular flexibility index (Phi) is 5.49. The van der Waals surface area contributed by atoms with E-state index in [1.54, 1.807) is 20.8 Å². The summed E-state index contributed by atoms with van der Waals surface area (Å²) in [5.41, 5.74) is -5.64. The summed E-state index contributed by atoms with van der Waals surface area (Å²) in [5, 5.41) is -1.20. The van der Waals surface area contributed by atoms with Crippen LogP contribution in [0.15, 0.2) is 11.0 Å². The minimum absolute atomic E-state index is 0.00394. The number of carbonyl (C=O) groups is 1. The molecule has 0 bridgehead atoms. The number of alkyl halides is 3. The van der Waals surface area contributed by atoms with Crippen molar-refractivity contribution in [3.63, 3.8) is 0 Å². The maximum atomic E-state index is 12.9. The predicted octanol–water partition coefficient (Wildman–Crippen LogP) is 4.58. The van der Waals surface area contributed by atoms with Gasteiger partial charge in [0, 0.05) is 13.1 Å². The number of fused-ring (bicyclic) bond motifs is 1. The van der Waals surface area contributed by atoms with Crippen molar-refractivity contribution >= 4 is 39.1 Å². The molecule has 0 aliphatic carbocycles. The number of amides is 1. The first-order valence-electron chi connectivity index (χ1n) is 7.44. The number of halogens is 5. The Morgan fingerprint density at radius 2 is 1.81 bits per heavy atom. The first-order chi connectivity index (χ1) is 11.6. The molecule has 11 heteroatoms. The smallest absolute Gasteiger partial charge is 0.444 e. The maximum absolute atomic E-state index is 12.9. The van der Waals surface area contributed by atoms with Crippen LogP contribution < -0.4 is 0 Å². The third-order valence-corrected chi connectivity index (χ3v) is 6.10. The van der Waals surface area contributed by atoms with E-state index in [4.69, 9.17) is 27.9 Å². The first kappa shape index (κ1) is 21.1. The molecule has 0 saturated carbocycles. The van der Waals surface area contributed by atoms with E-state index >= 15 is 0 Å². The van der Waals surface area contributed by atoms with Crippen LogP contribution in [0.5, 0.6) is 0 Å². The highest BCUT2D eigenvalue weighted by molar-refractivity contribution is 7.92. The number of rotatable bonds is 1. The summed E-state index contributed by atoms with van der Waals surface area (Å²) >= 11 is 11.8. The lowest BCUT2D eigenvalue weighted by Crippen LogP contribution is -2.40. The lowest BCUT2D eigenvalue weighted by atomic mass is 10.00. The van der Waals surface area contributed by atoms with Crippen LogP contribution in [0.2, 0.25) is 10.0 Å². The van der Waals surface area contributed by atoms with Gasteiger partial charge < -0.3 is 9.64 Å². The summed E-state index contributed by atoms with van der Waals surface area (Å²) in [4.78, 5) is 12.3. The second-order valence-corrected chi connectivity index (χ2v) is 9.40. The maximum Gasteiger partial charge on any atom is 0.502 e. The molecule has 0 unspecified atom stereocenters. The van der Waals surface area contributed by atoms with E-state index < -0.39 is 42.0 Å². The molecule has 0 aromatic heterocycles. The monoisotopic (exact) mass is 433 g/mol. The van der Waals surface area contributed by atoms with Crippen LogP contribution in [0.1, 0.15) is 31.9 Å². The molecule has 1 heterocycles. The van der Waals surface area contributed by atoms with Crippen molar-refractivity contribution < 1.29 is 31.1 Å². The van der Waals surface area contributed by atoms with Gasteiger partial charge in [0.1, 0.15) is 10.5 Å². The van der Waals surface area contributed by atoms with Crippen LogP contribution in [0.3, 0.4) is 0 Å². The molecule has 0 spiro atoms. The van der Waals surface area contributed by atoms with Gasteiger partial charge in [-0.3, -0.25) is 0 Å². The van der Waals surface area contributed by atoms with Crippen molar-refractivity contribution in [1.29, 1.82) is 0 Å². The number of benzene rings is 1. The molecule has 1 aliphatic heterocycles. The van der Waals surface area contributed by atoms with Crippen molar-refractivity contribution in [3.05, 3.63) is 27.2 Å². The molecule has 0 fully saturated rings. The molecule has 1 aromatic carbocycles. The first-order valence-corrected chi connectivity index (χ1v) is 9.68. The van der Waals surface area contributed by atoms with Crippen LogP contribution >= 0.6 is 23.2 Å². The molecule has 0 N–H and O–H groups in total. The third kappa shape index (κ3) is 4.04. The van der Waals surface area contributed by atoms with Gasteiger partial charge in [0.05, 0.1) is 10.0 Å². The Hall–Kier alpha value is -1.19. The molecule has 26 heavy (non-hydrogen) atoms. The summed E-state index contributed by atoms with van der Waals surface area (Å²) in [5.74, 6) is 0. The molecule has 1 aliphatic rings. The summed E-state index contributed by atoms with van der Waals surface area (Å²) in [6.45, 7) is 5.21. The fourth-order valence-corrected chi connectivity index (χ4v) is 4.58. The minimum Gasteiger partial charge on any atom is -0.444 e. The number of nitrogens with zero attached hydrogens (tertiary/aromatic N) is 1. The number of hydrogen-bond acceptors (Lipinski definition) is 4. The lowest BCUT2D eigenvalue weighted by Gasteiger charge is -2.32. The van der Waals surface area contributed by atoms with E-state index in [0.717, 1.165) is 6.07 Å². The topological polar surface area (TPSA) is 63.7 Å². The van der Waals surface area contributed by atoms with E-state index in [1.807, 2.05) is 0 Å². The molecule has 0 radical (unpaired) electrons. The fourth-order valence-electron chi connectivity index (χ4n) is 2.48. The van der Waals surface area contributed by atoms with Gasteiger partial charge in [0.25, 0.3) is 9.84 Å². The van der Waals surface area contributed by atoms with E-state index in [9.17, 15) is 26.4 Å². The van der Waals surface area contributed by atoms with Gasteiger partial charge in [-0.1, -0.05) is 23.2 Å². The molecule has 1 aromatic rings. The fraction of sp³-hybridized carbons (Fsp3) is 0.533. The standard InChI is InChI=1S/C15H16Cl2F3NO4S/c1-14(2,3)25-13(22)21-5-4-9-8(7-21)6-10(16)12(11(9)17)26(23,24)15(18,19)20/h6H,4-5,7H2,1-3H3. The van der Waals surface area contributed by atoms with Crippen molar-refractivity contribution in [2.75, 3.05) is 6.54 Å². The molecular formula is C15H16Cl2F3NO4S. The zero-order valence-corrected chi connectivity index (χ0v) is 16.4. The predicted molar refractivity (Wildman–Crippen MR) is 90.1 cm³/mol. The van der Waals surface area contributed by atoms with Crippen LogP contribution in [0, 0.1) is 0 Å². The van der Waals surface area contributed by atoms with Gasteiger partial charge in [-0.2, -0.15) is 13.2 Å². The Morgan fingerprint density at radius 1 is 1.23 bits per heavy atom. The second-order valence-electron chi connectivity index (χ2n) is 6.74. The van der Waals surface area contributed by atoms with Gasteiger partial charge in [0.2, 0.25) is 0 Å². The number of hydrogen-bond donors (Lipinski definition) is 0. The SMILES string of the molecule is CC(C)(C)OC(=O)N1CCc2c(cc(Cl)c(S(=O)(=O)C(F)(F)F)c2Cl)C1. The van der Waals surface area contributed by atoms with Crippen LogP contribution in [-0.2, 0) is 27.5 Å². The average Bonchev–Trinajstić information content (AvgIpc) is 2.43. The summed E-state index contributed by atoms with van der Waals surface area (Å²) < 4.78 is 67.3. The number of carbonyl (C=O) groups excluding carboxylic acids is 1. The van der Waals surface area contributed by atoms with E-state index in [-0.39, 0.29) is 25.1 Å². The number of ether oxygens (including phenoxy) is 1.